The van der Waals surface area contributed by atoms with Gasteiger partial charge in [-0.3, -0.25) is 0 Å². The van der Waals surface area contributed by atoms with Crippen LogP contribution in [0.25, 0.3) is 0 Å². The topological polar surface area (TPSA) is 35.2 Å². The Morgan fingerprint density at radius 3 is 2.81 bits per heavy atom. The largest absolute Gasteiger partial charge is 0.496 e. The maximum atomic E-state index is 6.18. The van der Waals surface area contributed by atoms with Crippen molar-refractivity contribution >= 4 is 11.8 Å². The highest BCUT2D eigenvalue weighted by atomic mass is 32.2. The first-order valence-corrected chi connectivity index (χ1v) is 6.82. The maximum absolute atomic E-state index is 6.18. The predicted molar refractivity (Wildman–Crippen MR) is 72.3 cm³/mol. The predicted octanol–water partition coefficient (Wildman–Crippen LogP) is 3.15. The van der Waals surface area contributed by atoms with Crippen LogP contribution in [0.2, 0.25) is 0 Å². The lowest BCUT2D eigenvalue weighted by Gasteiger charge is -2.16. The van der Waals surface area contributed by atoms with Crippen LogP contribution < -0.4 is 10.5 Å². The van der Waals surface area contributed by atoms with Gasteiger partial charge in [-0.05, 0) is 25.2 Å². The molecule has 0 saturated carbocycles. The van der Waals surface area contributed by atoms with Crippen LogP contribution in [0.1, 0.15) is 30.5 Å². The minimum absolute atomic E-state index is 0.0615. The summed E-state index contributed by atoms with van der Waals surface area (Å²) >= 11 is 1.90. The van der Waals surface area contributed by atoms with E-state index in [4.69, 9.17) is 10.5 Å². The molecule has 1 rings (SSSR count). The third-order valence-electron chi connectivity index (χ3n) is 2.43. The van der Waals surface area contributed by atoms with Crippen LogP contribution in [0, 0.1) is 6.92 Å². The molecule has 1 aromatic carbocycles. The van der Waals surface area contributed by atoms with Gasteiger partial charge in [-0.15, -0.1) is 0 Å². The Morgan fingerprint density at radius 2 is 2.19 bits per heavy atom. The molecule has 0 aliphatic heterocycles. The zero-order valence-corrected chi connectivity index (χ0v) is 11.1. The molecule has 0 radical (unpaired) electrons. The Hall–Kier alpha value is -0.670. The van der Waals surface area contributed by atoms with Gasteiger partial charge in [-0.25, -0.2) is 0 Å². The zero-order chi connectivity index (χ0) is 12.0. The van der Waals surface area contributed by atoms with Gasteiger partial charge >= 0.3 is 0 Å². The molecule has 0 saturated heterocycles. The number of hydrogen-bond acceptors (Lipinski definition) is 3. The van der Waals surface area contributed by atoms with Crippen molar-refractivity contribution in [1.82, 2.24) is 0 Å². The quantitative estimate of drug-likeness (QED) is 0.775. The summed E-state index contributed by atoms with van der Waals surface area (Å²) in [7, 11) is 1.69. The highest BCUT2D eigenvalue weighted by molar-refractivity contribution is 7.99. The SMILES string of the molecule is CCCSCC(N)c1cc(C)ccc1OC. The summed E-state index contributed by atoms with van der Waals surface area (Å²) in [5.74, 6) is 3.02. The number of aryl methyl sites for hydroxylation is 1. The number of ether oxygens (including phenoxy) is 1. The van der Waals surface area contributed by atoms with Crippen LogP contribution >= 0.6 is 11.8 Å². The number of methoxy groups -OCH3 is 1. The fourth-order valence-corrected chi connectivity index (χ4v) is 2.48. The van der Waals surface area contributed by atoms with Crippen molar-refractivity contribution in [2.45, 2.75) is 26.3 Å². The van der Waals surface area contributed by atoms with Gasteiger partial charge < -0.3 is 10.5 Å². The molecule has 0 aliphatic carbocycles. The minimum atomic E-state index is 0.0615. The second-order valence-electron chi connectivity index (χ2n) is 3.93. The average Bonchev–Trinajstić information content (AvgIpc) is 2.29. The lowest BCUT2D eigenvalue weighted by Crippen LogP contribution is -2.14. The molecule has 0 heterocycles. The summed E-state index contributed by atoms with van der Waals surface area (Å²) in [6, 6.07) is 6.23. The fraction of sp³-hybridized carbons (Fsp3) is 0.538. The van der Waals surface area contributed by atoms with Crippen LogP contribution in [0.15, 0.2) is 18.2 Å². The van der Waals surface area contributed by atoms with E-state index < -0.39 is 0 Å². The summed E-state index contributed by atoms with van der Waals surface area (Å²) < 4.78 is 5.34. The molecule has 0 fully saturated rings. The van der Waals surface area contributed by atoms with Gasteiger partial charge in [0.05, 0.1) is 7.11 Å². The molecular weight excluding hydrogens is 218 g/mol. The fourth-order valence-electron chi connectivity index (χ4n) is 1.59. The molecule has 90 valence electrons. The summed E-state index contributed by atoms with van der Waals surface area (Å²) in [5.41, 5.74) is 8.53. The number of benzene rings is 1. The molecule has 0 amide bonds. The summed E-state index contributed by atoms with van der Waals surface area (Å²) in [4.78, 5) is 0. The molecule has 16 heavy (non-hydrogen) atoms. The van der Waals surface area contributed by atoms with E-state index in [0.29, 0.717) is 0 Å². The molecule has 1 unspecified atom stereocenters. The van der Waals surface area contributed by atoms with Crippen LogP contribution in [0.4, 0.5) is 0 Å². The maximum Gasteiger partial charge on any atom is 0.123 e. The number of hydrogen-bond donors (Lipinski definition) is 1. The van der Waals surface area contributed by atoms with Gasteiger partial charge in [0.25, 0.3) is 0 Å². The van der Waals surface area contributed by atoms with Crippen molar-refractivity contribution in [1.29, 1.82) is 0 Å². The Morgan fingerprint density at radius 1 is 1.44 bits per heavy atom. The number of rotatable bonds is 6. The molecule has 0 bridgehead atoms. The average molecular weight is 239 g/mol. The first-order chi connectivity index (χ1) is 7.69. The van der Waals surface area contributed by atoms with Crippen LogP contribution in [0.5, 0.6) is 5.75 Å². The Bertz CT molecular complexity index is 328. The normalized spacial score (nSPS) is 12.5. The lowest BCUT2D eigenvalue weighted by molar-refractivity contribution is 0.407. The van der Waals surface area contributed by atoms with Gasteiger partial charge in [0.15, 0.2) is 0 Å². The third-order valence-corrected chi connectivity index (χ3v) is 3.72. The van der Waals surface area contributed by atoms with Crippen molar-refractivity contribution in [3.8, 4) is 5.75 Å². The van der Waals surface area contributed by atoms with Crippen LogP contribution in [0.3, 0.4) is 0 Å². The smallest absolute Gasteiger partial charge is 0.123 e. The van der Waals surface area contributed by atoms with E-state index in [1.165, 1.54) is 17.7 Å². The van der Waals surface area contributed by atoms with E-state index in [1.54, 1.807) is 7.11 Å². The molecule has 1 atom stereocenters. The van der Waals surface area contributed by atoms with Crippen molar-refractivity contribution in [2.75, 3.05) is 18.6 Å². The Kier molecular flexibility index (Phi) is 5.71. The number of nitrogens with two attached hydrogens (primary N) is 1. The van der Waals surface area contributed by atoms with E-state index in [0.717, 1.165) is 17.1 Å². The number of thioether (sulfide) groups is 1. The Balaban J connectivity index is 2.72. The zero-order valence-electron chi connectivity index (χ0n) is 10.3. The second-order valence-corrected chi connectivity index (χ2v) is 5.08. The summed E-state index contributed by atoms with van der Waals surface area (Å²) in [6.07, 6.45) is 1.20. The summed E-state index contributed by atoms with van der Waals surface area (Å²) in [5, 5.41) is 0. The highest BCUT2D eigenvalue weighted by Crippen LogP contribution is 2.27. The molecule has 0 aromatic heterocycles. The highest BCUT2D eigenvalue weighted by Gasteiger charge is 2.11. The first kappa shape index (κ1) is 13.4. The van der Waals surface area contributed by atoms with Crippen molar-refractivity contribution in [3.05, 3.63) is 29.3 Å². The second kappa shape index (κ2) is 6.81. The first-order valence-electron chi connectivity index (χ1n) is 5.67. The van der Waals surface area contributed by atoms with Crippen molar-refractivity contribution in [3.63, 3.8) is 0 Å². The molecule has 0 aliphatic rings. The van der Waals surface area contributed by atoms with E-state index in [1.807, 2.05) is 23.9 Å². The molecule has 1 aromatic rings. The van der Waals surface area contributed by atoms with Gasteiger partial charge in [0, 0.05) is 17.4 Å². The Labute approximate surface area is 103 Å². The molecule has 2 N–H and O–H groups in total. The van der Waals surface area contributed by atoms with Gasteiger partial charge in [0.1, 0.15) is 5.75 Å². The molecule has 0 spiro atoms. The molecule has 2 nitrogen and oxygen atoms in total. The van der Waals surface area contributed by atoms with E-state index in [2.05, 4.69) is 19.9 Å². The molecule has 3 heteroatoms. The summed E-state index contributed by atoms with van der Waals surface area (Å²) in [6.45, 7) is 4.26. The third kappa shape index (κ3) is 3.72. The van der Waals surface area contributed by atoms with Gasteiger partial charge in [-0.1, -0.05) is 24.6 Å². The minimum Gasteiger partial charge on any atom is -0.496 e. The van der Waals surface area contributed by atoms with Crippen molar-refractivity contribution < 1.29 is 4.74 Å². The van der Waals surface area contributed by atoms with Crippen LogP contribution in [-0.2, 0) is 0 Å². The standard InChI is InChI=1S/C13H21NOS/c1-4-7-16-9-12(14)11-8-10(2)5-6-13(11)15-3/h5-6,8,12H,4,7,9,14H2,1-3H3. The van der Waals surface area contributed by atoms with Crippen molar-refractivity contribution in [2.24, 2.45) is 5.73 Å². The van der Waals surface area contributed by atoms with Gasteiger partial charge in [0.2, 0.25) is 0 Å². The van der Waals surface area contributed by atoms with E-state index >= 15 is 0 Å². The lowest BCUT2D eigenvalue weighted by atomic mass is 10.1. The van der Waals surface area contributed by atoms with E-state index in [9.17, 15) is 0 Å². The van der Waals surface area contributed by atoms with Gasteiger partial charge in [-0.2, -0.15) is 11.8 Å². The molecular formula is C13H21NOS. The van der Waals surface area contributed by atoms with Crippen LogP contribution in [-0.4, -0.2) is 18.6 Å². The monoisotopic (exact) mass is 239 g/mol. The van der Waals surface area contributed by atoms with E-state index in [-0.39, 0.29) is 6.04 Å².